The van der Waals surface area contributed by atoms with Crippen LogP contribution >= 0.6 is 0 Å². The van der Waals surface area contributed by atoms with Crippen LogP contribution in [0.15, 0.2) is 18.2 Å². The van der Waals surface area contributed by atoms with Gasteiger partial charge in [-0.2, -0.15) is 0 Å². The van der Waals surface area contributed by atoms with Crippen LogP contribution in [0.4, 0.5) is 0 Å². The number of hydrogen-bond acceptors (Lipinski definition) is 3. The first-order valence-corrected chi connectivity index (χ1v) is 7.17. The maximum atomic E-state index is 6.03. The molecule has 1 aromatic carbocycles. The van der Waals surface area contributed by atoms with E-state index in [4.69, 9.17) is 10.5 Å². The Morgan fingerprint density at radius 2 is 2.11 bits per heavy atom. The normalized spacial score (nSPS) is 23.3. The van der Waals surface area contributed by atoms with Crippen LogP contribution in [0.5, 0.6) is 5.75 Å². The Kier molecular flexibility index (Phi) is 4.48. The average Bonchev–Trinajstić information content (AvgIpc) is 2.87. The molecule has 3 heteroatoms. The van der Waals surface area contributed by atoms with Crippen molar-refractivity contribution in [2.75, 3.05) is 20.2 Å². The van der Waals surface area contributed by atoms with E-state index in [2.05, 4.69) is 43.9 Å². The van der Waals surface area contributed by atoms with E-state index >= 15 is 0 Å². The van der Waals surface area contributed by atoms with Crippen molar-refractivity contribution in [3.8, 4) is 5.75 Å². The van der Waals surface area contributed by atoms with E-state index in [1.807, 2.05) is 0 Å². The molecule has 0 aromatic heterocycles. The van der Waals surface area contributed by atoms with Gasteiger partial charge in [-0.05, 0) is 45.7 Å². The van der Waals surface area contributed by atoms with Gasteiger partial charge in [-0.15, -0.1) is 0 Å². The van der Waals surface area contributed by atoms with Gasteiger partial charge >= 0.3 is 0 Å². The summed E-state index contributed by atoms with van der Waals surface area (Å²) in [5.74, 6) is 1.61. The summed E-state index contributed by atoms with van der Waals surface area (Å²) >= 11 is 0. The number of hydrogen-bond donors (Lipinski definition) is 1. The van der Waals surface area contributed by atoms with E-state index < -0.39 is 0 Å². The quantitative estimate of drug-likeness (QED) is 0.906. The minimum Gasteiger partial charge on any atom is -0.496 e. The fourth-order valence-corrected chi connectivity index (χ4v) is 2.97. The van der Waals surface area contributed by atoms with Crippen LogP contribution in [0.25, 0.3) is 0 Å². The molecule has 1 aromatic rings. The maximum absolute atomic E-state index is 6.03. The van der Waals surface area contributed by atoms with Crippen molar-refractivity contribution in [1.82, 2.24) is 4.90 Å². The zero-order chi connectivity index (χ0) is 14.0. The minimum absolute atomic E-state index is 0.289. The van der Waals surface area contributed by atoms with E-state index in [0.717, 1.165) is 18.8 Å². The Morgan fingerprint density at radius 3 is 2.68 bits per heavy atom. The summed E-state index contributed by atoms with van der Waals surface area (Å²) in [6.07, 6.45) is 1.20. The van der Waals surface area contributed by atoms with Crippen LogP contribution in [-0.2, 0) is 0 Å². The van der Waals surface area contributed by atoms with Gasteiger partial charge in [0.15, 0.2) is 0 Å². The van der Waals surface area contributed by atoms with Gasteiger partial charge in [-0.3, -0.25) is 4.90 Å². The number of rotatable bonds is 4. The molecular weight excluding hydrogens is 236 g/mol. The maximum Gasteiger partial charge on any atom is 0.123 e. The second kappa shape index (κ2) is 5.93. The molecule has 2 N–H and O–H groups in total. The van der Waals surface area contributed by atoms with Gasteiger partial charge in [0.2, 0.25) is 0 Å². The molecule has 3 nitrogen and oxygen atoms in total. The molecule has 3 unspecified atom stereocenters. The summed E-state index contributed by atoms with van der Waals surface area (Å²) in [5, 5.41) is 0. The van der Waals surface area contributed by atoms with Crippen molar-refractivity contribution >= 4 is 0 Å². The second-order valence-corrected chi connectivity index (χ2v) is 5.82. The van der Waals surface area contributed by atoms with Gasteiger partial charge in [0.25, 0.3) is 0 Å². The summed E-state index contributed by atoms with van der Waals surface area (Å²) in [4.78, 5) is 2.52. The molecule has 0 bridgehead atoms. The molecule has 3 atom stereocenters. The SMILES string of the molecule is COc1ccc(C)cc1C(C)N1CCC(C(C)N)C1. The Balaban J connectivity index is 2.16. The predicted octanol–water partition coefficient (Wildman–Crippen LogP) is 2.73. The molecule has 1 aliphatic rings. The van der Waals surface area contributed by atoms with Crippen LogP contribution in [-0.4, -0.2) is 31.1 Å². The standard InChI is InChI=1S/C16H26N2O/c1-11-5-6-16(19-4)15(9-11)13(3)18-8-7-14(10-18)12(2)17/h5-6,9,12-14H,7-8,10,17H2,1-4H3. The highest BCUT2D eigenvalue weighted by molar-refractivity contribution is 5.39. The van der Waals surface area contributed by atoms with Crippen molar-refractivity contribution in [3.63, 3.8) is 0 Å². The smallest absolute Gasteiger partial charge is 0.123 e. The van der Waals surface area contributed by atoms with E-state index in [0.29, 0.717) is 12.0 Å². The molecule has 1 heterocycles. The van der Waals surface area contributed by atoms with Gasteiger partial charge in [0.1, 0.15) is 5.75 Å². The van der Waals surface area contributed by atoms with Crippen molar-refractivity contribution in [2.24, 2.45) is 11.7 Å². The topological polar surface area (TPSA) is 38.5 Å². The third-order valence-electron chi connectivity index (χ3n) is 4.38. The molecule has 106 valence electrons. The van der Waals surface area contributed by atoms with Gasteiger partial charge in [-0.25, -0.2) is 0 Å². The summed E-state index contributed by atoms with van der Waals surface area (Å²) < 4.78 is 5.50. The van der Waals surface area contributed by atoms with Crippen LogP contribution in [0.3, 0.4) is 0 Å². The van der Waals surface area contributed by atoms with Crippen LogP contribution in [0, 0.1) is 12.8 Å². The number of nitrogens with two attached hydrogens (primary N) is 1. The zero-order valence-electron chi connectivity index (χ0n) is 12.5. The highest BCUT2D eigenvalue weighted by atomic mass is 16.5. The Labute approximate surface area is 116 Å². The predicted molar refractivity (Wildman–Crippen MR) is 79.5 cm³/mol. The molecule has 0 radical (unpaired) electrons. The molecule has 0 aliphatic carbocycles. The lowest BCUT2D eigenvalue weighted by atomic mass is 10.0. The summed E-state index contributed by atoms with van der Waals surface area (Å²) in [6.45, 7) is 8.73. The number of likely N-dealkylation sites (tertiary alicyclic amines) is 1. The highest BCUT2D eigenvalue weighted by Gasteiger charge is 2.29. The van der Waals surface area contributed by atoms with Gasteiger partial charge in [-0.1, -0.05) is 17.7 Å². The van der Waals surface area contributed by atoms with Crippen molar-refractivity contribution in [2.45, 2.75) is 39.3 Å². The largest absolute Gasteiger partial charge is 0.496 e. The molecule has 1 fully saturated rings. The number of benzene rings is 1. The van der Waals surface area contributed by atoms with Crippen LogP contribution in [0.2, 0.25) is 0 Å². The fraction of sp³-hybridized carbons (Fsp3) is 0.625. The molecule has 2 rings (SSSR count). The lowest BCUT2D eigenvalue weighted by molar-refractivity contribution is 0.242. The third-order valence-corrected chi connectivity index (χ3v) is 4.38. The first-order valence-electron chi connectivity index (χ1n) is 7.17. The highest BCUT2D eigenvalue weighted by Crippen LogP contribution is 2.33. The van der Waals surface area contributed by atoms with Crippen LogP contribution in [0.1, 0.15) is 37.4 Å². The van der Waals surface area contributed by atoms with E-state index in [1.165, 1.54) is 17.5 Å². The molecule has 0 saturated carbocycles. The van der Waals surface area contributed by atoms with Gasteiger partial charge in [0.05, 0.1) is 7.11 Å². The summed E-state index contributed by atoms with van der Waals surface area (Å²) in [5.41, 5.74) is 8.60. The Bertz CT molecular complexity index is 431. The monoisotopic (exact) mass is 262 g/mol. The fourth-order valence-electron chi connectivity index (χ4n) is 2.97. The molecule has 1 saturated heterocycles. The second-order valence-electron chi connectivity index (χ2n) is 5.82. The van der Waals surface area contributed by atoms with E-state index in [-0.39, 0.29) is 6.04 Å². The number of methoxy groups -OCH3 is 1. The third kappa shape index (κ3) is 3.10. The average molecular weight is 262 g/mol. The van der Waals surface area contributed by atoms with Crippen molar-refractivity contribution < 1.29 is 4.74 Å². The minimum atomic E-state index is 0.289. The van der Waals surface area contributed by atoms with Crippen LogP contribution < -0.4 is 10.5 Å². The Morgan fingerprint density at radius 1 is 1.37 bits per heavy atom. The first kappa shape index (κ1) is 14.4. The number of aryl methyl sites for hydroxylation is 1. The number of ether oxygens (including phenoxy) is 1. The lowest BCUT2D eigenvalue weighted by Gasteiger charge is -2.27. The molecule has 0 spiro atoms. The van der Waals surface area contributed by atoms with Crippen molar-refractivity contribution in [1.29, 1.82) is 0 Å². The lowest BCUT2D eigenvalue weighted by Crippen LogP contribution is -2.31. The number of nitrogens with zero attached hydrogens (tertiary/aromatic N) is 1. The van der Waals surface area contributed by atoms with Crippen molar-refractivity contribution in [3.05, 3.63) is 29.3 Å². The van der Waals surface area contributed by atoms with Gasteiger partial charge < -0.3 is 10.5 Å². The molecule has 0 amide bonds. The molecule has 19 heavy (non-hydrogen) atoms. The van der Waals surface area contributed by atoms with E-state index in [1.54, 1.807) is 7.11 Å². The first-order chi connectivity index (χ1) is 9.02. The summed E-state index contributed by atoms with van der Waals surface area (Å²) in [6, 6.07) is 7.09. The van der Waals surface area contributed by atoms with Gasteiger partial charge in [0, 0.05) is 24.2 Å². The summed E-state index contributed by atoms with van der Waals surface area (Å²) in [7, 11) is 1.75. The zero-order valence-corrected chi connectivity index (χ0v) is 12.5. The van der Waals surface area contributed by atoms with E-state index in [9.17, 15) is 0 Å². The Hall–Kier alpha value is -1.06. The molecular formula is C16H26N2O. The molecule has 1 aliphatic heterocycles.